The van der Waals surface area contributed by atoms with Crippen molar-refractivity contribution in [3.63, 3.8) is 0 Å². The molecule has 1 aromatic heterocycles. The molecule has 90 valence electrons. The first-order valence-corrected chi connectivity index (χ1v) is 5.07. The molecule has 2 heterocycles. The molecule has 0 unspecified atom stereocenters. The Labute approximate surface area is 96.6 Å². The second kappa shape index (κ2) is 4.46. The number of imide groups is 1. The number of halogens is 1. The molecule has 7 heteroatoms. The van der Waals surface area contributed by atoms with Crippen LogP contribution >= 0.6 is 0 Å². The van der Waals surface area contributed by atoms with Gasteiger partial charge in [-0.25, -0.2) is 9.78 Å². The molecule has 17 heavy (non-hydrogen) atoms. The maximum atomic E-state index is 13.1. The van der Waals surface area contributed by atoms with Crippen molar-refractivity contribution in [1.82, 2.24) is 10.3 Å². The van der Waals surface area contributed by atoms with E-state index < -0.39 is 12.0 Å². The van der Waals surface area contributed by atoms with E-state index in [2.05, 4.69) is 10.3 Å². The van der Waals surface area contributed by atoms with Gasteiger partial charge >= 0.3 is 6.03 Å². The lowest BCUT2D eigenvalue weighted by molar-refractivity contribution is -0.120. The number of urea groups is 1. The van der Waals surface area contributed by atoms with Crippen molar-refractivity contribution in [2.45, 2.75) is 13.0 Å². The van der Waals surface area contributed by atoms with E-state index in [4.69, 9.17) is 5.73 Å². The number of hydrogen-bond acceptors (Lipinski definition) is 4. The van der Waals surface area contributed by atoms with Crippen LogP contribution in [0.15, 0.2) is 12.3 Å². The van der Waals surface area contributed by atoms with Crippen LogP contribution in [0.4, 0.5) is 14.9 Å². The van der Waals surface area contributed by atoms with Gasteiger partial charge in [-0.2, -0.15) is 4.39 Å². The first kappa shape index (κ1) is 11.5. The first-order valence-electron chi connectivity index (χ1n) is 5.07. The van der Waals surface area contributed by atoms with Crippen LogP contribution in [0.3, 0.4) is 0 Å². The van der Waals surface area contributed by atoms with E-state index in [9.17, 15) is 14.0 Å². The van der Waals surface area contributed by atoms with Crippen LogP contribution in [0.5, 0.6) is 0 Å². The van der Waals surface area contributed by atoms with Crippen molar-refractivity contribution in [1.29, 1.82) is 0 Å². The van der Waals surface area contributed by atoms with Gasteiger partial charge in [-0.1, -0.05) is 0 Å². The first-order chi connectivity index (χ1) is 8.11. The third-order valence-corrected chi connectivity index (χ3v) is 2.48. The highest BCUT2D eigenvalue weighted by Gasteiger charge is 2.24. The molecule has 6 nitrogen and oxygen atoms in total. The molecule has 1 aromatic rings. The molecule has 0 aliphatic carbocycles. The predicted octanol–water partition coefficient (Wildman–Crippen LogP) is 0.126. The highest BCUT2D eigenvalue weighted by molar-refractivity contribution is 6.05. The van der Waals surface area contributed by atoms with Gasteiger partial charge in [0.05, 0.1) is 11.9 Å². The topological polar surface area (TPSA) is 88.3 Å². The third kappa shape index (κ3) is 2.23. The number of hydrogen-bond donors (Lipinski definition) is 2. The van der Waals surface area contributed by atoms with Gasteiger partial charge in [0.2, 0.25) is 11.9 Å². The van der Waals surface area contributed by atoms with Gasteiger partial charge in [0, 0.05) is 25.1 Å². The van der Waals surface area contributed by atoms with Gasteiger partial charge < -0.3 is 5.73 Å². The molecule has 1 aliphatic heterocycles. The Hall–Kier alpha value is -2.02. The van der Waals surface area contributed by atoms with Crippen LogP contribution in [-0.4, -0.2) is 23.5 Å². The van der Waals surface area contributed by atoms with E-state index in [1.54, 1.807) is 0 Å². The minimum atomic E-state index is -0.648. The molecular weight excluding hydrogens is 227 g/mol. The minimum absolute atomic E-state index is 0.00105. The van der Waals surface area contributed by atoms with Crippen LogP contribution in [-0.2, 0) is 11.3 Å². The van der Waals surface area contributed by atoms with Gasteiger partial charge in [0.1, 0.15) is 0 Å². The summed E-state index contributed by atoms with van der Waals surface area (Å²) in [7, 11) is 0. The standard InChI is InChI=1S/C10H11FN4O2/c11-9-6(4-12)3-7(5-13-9)15-2-1-8(16)14-10(15)17/h3,5H,1-2,4,12H2,(H,14,16,17). The van der Waals surface area contributed by atoms with Gasteiger partial charge in [0.25, 0.3) is 0 Å². The Bertz CT molecular complexity index is 477. The quantitative estimate of drug-likeness (QED) is 0.716. The Morgan fingerprint density at radius 2 is 2.29 bits per heavy atom. The van der Waals surface area contributed by atoms with E-state index in [1.807, 2.05) is 0 Å². The molecule has 1 fully saturated rings. The molecular formula is C10H11FN4O2. The fourth-order valence-corrected chi connectivity index (χ4v) is 1.58. The SMILES string of the molecule is NCc1cc(N2CCC(=O)NC2=O)cnc1F. The number of nitrogens with zero attached hydrogens (tertiary/aromatic N) is 2. The summed E-state index contributed by atoms with van der Waals surface area (Å²) in [5.74, 6) is -0.967. The Morgan fingerprint density at radius 1 is 1.53 bits per heavy atom. The number of carbonyl (C=O) groups excluding carboxylic acids is 2. The van der Waals surface area contributed by atoms with E-state index in [0.29, 0.717) is 5.69 Å². The number of anilines is 1. The smallest absolute Gasteiger partial charge is 0.326 e. The summed E-state index contributed by atoms with van der Waals surface area (Å²) in [5, 5.41) is 2.18. The summed E-state index contributed by atoms with van der Waals surface area (Å²) >= 11 is 0. The molecule has 0 spiro atoms. The zero-order valence-corrected chi connectivity index (χ0v) is 8.94. The van der Waals surface area contributed by atoms with Crippen LogP contribution in [0, 0.1) is 5.95 Å². The zero-order chi connectivity index (χ0) is 12.4. The molecule has 0 bridgehead atoms. The fraction of sp³-hybridized carbons (Fsp3) is 0.300. The molecule has 3 amide bonds. The number of carbonyl (C=O) groups is 2. The van der Waals surface area contributed by atoms with E-state index in [0.717, 1.165) is 0 Å². The monoisotopic (exact) mass is 238 g/mol. The largest absolute Gasteiger partial charge is 0.328 e. The maximum absolute atomic E-state index is 13.1. The molecule has 0 atom stereocenters. The van der Waals surface area contributed by atoms with Crippen LogP contribution in [0.2, 0.25) is 0 Å². The minimum Gasteiger partial charge on any atom is -0.326 e. The van der Waals surface area contributed by atoms with E-state index in [1.165, 1.54) is 17.2 Å². The van der Waals surface area contributed by atoms with Crippen molar-refractivity contribution in [3.8, 4) is 0 Å². The maximum Gasteiger partial charge on any atom is 0.328 e. The highest BCUT2D eigenvalue weighted by atomic mass is 19.1. The summed E-state index contributed by atoms with van der Waals surface area (Å²) < 4.78 is 13.1. The number of pyridine rings is 1. The average Bonchev–Trinajstić information content (AvgIpc) is 2.30. The van der Waals surface area contributed by atoms with Crippen molar-refractivity contribution >= 4 is 17.6 Å². The predicted molar refractivity (Wildman–Crippen MR) is 57.6 cm³/mol. The Kier molecular flexibility index (Phi) is 3.01. The van der Waals surface area contributed by atoms with Crippen molar-refractivity contribution in [2.24, 2.45) is 5.73 Å². The number of rotatable bonds is 2. The molecule has 0 radical (unpaired) electrons. The summed E-state index contributed by atoms with van der Waals surface area (Å²) in [6.07, 6.45) is 1.45. The van der Waals surface area contributed by atoms with Crippen LogP contribution < -0.4 is 16.0 Å². The molecule has 1 aliphatic rings. The number of nitrogens with one attached hydrogen (secondary N) is 1. The Morgan fingerprint density at radius 3 is 2.94 bits per heavy atom. The van der Waals surface area contributed by atoms with Crippen molar-refractivity contribution in [2.75, 3.05) is 11.4 Å². The number of aromatic nitrogens is 1. The summed E-state index contributed by atoms with van der Waals surface area (Å²) in [6.45, 7) is 0.253. The fourth-order valence-electron chi connectivity index (χ4n) is 1.58. The third-order valence-electron chi connectivity index (χ3n) is 2.48. The summed E-state index contributed by atoms with van der Waals surface area (Å²) in [6, 6.07) is 0.926. The normalized spacial score (nSPS) is 16.0. The van der Waals surface area contributed by atoms with Crippen LogP contribution in [0.25, 0.3) is 0 Å². The lowest BCUT2D eigenvalue weighted by atomic mass is 10.2. The second-order valence-corrected chi connectivity index (χ2v) is 3.60. The van der Waals surface area contributed by atoms with Crippen LogP contribution in [0.1, 0.15) is 12.0 Å². The van der Waals surface area contributed by atoms with Gasteiger partial charge in [-0.05, 0) is 6.07 Å². The summed E-state index contributed by atoms with van der Waals surface area (Å²) in [4.78, 5) is 27.4. The molecule has 0 saturated carbocycles. The van der Waals surface area contributed by atoms with E-state index in [-0.39, 0.29) is 31.0 Å². The average molecular weight is 238 g/mol. The molecule has 1 saturated heterocycles. The lowest BCUT2D eigenvalue weighted by Crippen LogP contribution is -2.49. The number of nitrogens with two attached hydrogens (primary N) is 1. The Balaban J connectivity index is 2.28. The molecule has 3 N–H and O–H groups in total. The van der Waals surface area contributed by atoms with Gasteiger partial charge in [-0.3, -0.25) is 15.0 Å². The molecule has 0 aromatic carbocycles. The second-order valence-electron chi connectivity index (χ2n) is 3.60. The van der Waals surface area contributed by atoms with Crippen molar-refractivity contribution in [3.05, 3.63) is 23.8 Å². The summed E-state index contributed by atoms with van der Waals surface area (Å²) in [5.41, 5.74) is 6.01. The van der Waals surface area contributed by atoms with Gasteiger partial charge in [-0.15, -0.1) is 0 Å². The molecule has 2 rings (SSSR count). The van der Waals surface area contributed by atoms with Crippen molar-refractivity contribution < 1.29 is 14.0 Å². The van der Waals surface area contributed by atoms with Gasteiger partial charge in [0.15, 0.2) is 0 Å². The van der Waals surface area contributed by atoms with E-state index >= 15 is 0 Å². The number of amides is 3. The zero-order valence-electron chi connectivity index (χ0n) is 8.94. The lowest BCUT2D eigenvalue weighted by Gasteiger charge is -2.26. The highest BCUT2D eigenvalue weighted by Crippen LogP contribution is 2.18.